The molecule has 0 spiro atoms. The van der Waals surface area contributed by atoms with Gasteiger partial charge >= 0.3 is 0 Å². The lowest BCUT2D eigenvalue weighted by Crippen LogP contribution is -2.50. The Bertz CT molecular complexity index is 471. The molecule has 1 aliphatic heterocycles. The molecule has 2 N–H and O–H groups in total. The zero-order valence-electron chi connectivity index (χ0n) is 15.8. The molecule has 0 aromatic rings. The first-order valence-electron chi connectivity index (χ1n) is 8.74. The molecule has 0 aromatic heterocycles. The molecule has 0 aliphatic carbocycles. The van der Waals surface area contributed by atoms with Gasteiger partial charge in [-0.25, -0.2) is 0 Å². The molecule has 1 fully saturated rings. The van der Waals surface area contributed by atoms with Gasteiger partial charge in [-0.05, 0) is 26.2 Å². The number of hydrogen-bond donors (Lipinski definition) is 2. The minimum atomic E-state index is -1.01. The predicted octanol–water partition coefficient (Wildman–Crippen LogP) is 0.263. The third-order valence-electron chi connectivity index (χ3n) is 4.24. The van der Waals surface area contributed by atoms with Crippen molar-refractivity contribution in [2.45, 2.75) is 58.4 Å². The van der Waals surface area contributed by atoms with Crippen LogP contribution in [-0.2, 0) is 23.9 Å². The number of amides is 3. The molecule has 0 aromatic carbocycles. The van der Waals surface area contributed by atoms with Crippen LogP contribution in [0.15, 0.2) is 0 Å². The third kappa shape index (κ3) is 5.97. The predicted molar refractivity (Wildman–Crippen MR) is 92.6 cm³/mol. The average molecular weight is 357 g/mol. The van der Waals surface area contributed by atoms with E-state index in [1.807, 2.05) is 13.8 Å². The van der Waals surface area contributed by atoms with Gasteiger partial charge in [-0.1, -0.05) is 13.8 Å². The molecule has 8 nitrogen and oxygen atoms in total. The second-order valence-corrected chi connectivity index (χ2v) is 6.83. The van der Waals surface area contributed by atoms with E-state index in [4.69, 9.17) is 9.47 Å². The molecular formula is C17H31N3O5. The largest absolute Gasteiger partial charge is 0.352 e. The molecule has 3 amide bonds. The van der Waals surface area contributed by atoms with Crippen LogP contribution >= 0.6 is 0 Å². The number of ether oxygens (including phenoxy) is 2. The standard InChI is InChI=1S/C17H31N3O5/c1-6-25-17(24-5)8-14(16(23)19-13(4)7-12(2)3)20(10-17)15(22)9-18-11-21/h11-14H,6-10H2,1-5H3,(H,18,21)(H,19,23). The Balaban J connectivity index is 2.90. The summed E-state index contributed by atoms with van der Waals surface area (Å²) >= 11 is 0. The molecule has 3 atom stereocenters. The average Bonchev–Trinajstić information content (AvgIpc) is 2.92. The highest BCUT2D eigenvalue weighted by Gasteiger charge is 2.50. The van der Waals surface area contributed by atoms with Crippen LogP contribution in [0.3, 0.4) is 0 Å². The highest BCUT2D eigenvalue weighted by atomic mass is 16.7. The molecule has 1 aliphatic rings. The summed E-state index contributed by atoms with van der Waals surface area (Å²) in [6.07, 6.45) is 1.56. The van der Waals surface area contributed by atoms with Crippen LogP contribution in [0.2, 0.25) is 0 Å². The summed E-state index contributed by atoms with van der Waals surface area (Å²) < 4.78 is 11.2. The summed E-state index contributed by atoms with van der Waals surface area (Å²) in [6.45, 7) is 8.33. The first-order chi connectivity index (χ1) is 11.8. The zero-order valence-corrected chi connectivity index (χ0v) is 15.8. The first-order valence-corrected chi connectivity index (χ1v) is 8.74. The summed E-state index contributed by atoms with van der Waals surface area (Å²) in [6, 6.07) is -0.691. The van der Waals surface area contributed by atoms with Crippen molar-refractivity contribution in [3.63, 3.8) is 0 Å². The van der Waals surface area contributed by atoms with Crippen LogP contribution in [0.25, 0.3) is 0 Å². The van der Waals surface area contributed by atoms with E-state index in [0.29, 0.717) is 18.9 Å². The van der Waals surface area contributed by atoms with Crippen molar-refractivity contribution >= 4 is 18.2 Å². The highest BCUT2D eigenvalue weighted by Crippen LogP contribution is 2.31. The Kier molecular flexibility index (Phi) is 8.31. The van der Waals surface area contributed by atoms with E-state index in [0.717, 1.165) is 6.42 Å². The van der Waals surface area contributed by atoms with Crippen molar-refractivity contribution in [1.82, 2.24) is 15.5 Å². The second-order valence-electron chi connectivity index (χ2n) is 6.83. The lowest BCUT2D eigenvalue weighted by atomic mass is 10.0. The SMILES string of the molecule is CCOC1(OC)CC(C(=O)NC(C)CC(C)C)N(C(=O)CNC=O)C1. The van der Waals surface area contributed by atoms with E-state index in [1.165, 1.54) is 12.0 Å². The van der Waals surface area contributed by atoms with Crippen LogP contribution in [0, 0.1) is 5.92 Å². The summed E-state index contributed by atoms with van der Waals surface area (Å²) in [5, 5.41) is 5.31. The number of carbonyl (C=O) groups excluding carboxylic acids is 3. The van der Waals surface area contributed by atoms with Gasteiger partial charge in [0.1, 0.15) is 6.04 Å². The topological polar surface area (TPSA) is 97.0 Å². The molecule has 0 bridgehead atoms. The maximum Gasteiger partial charge on any atom is 0.243 e. The fourth-order valence-corrected chi connectivity index (χ4v) is 3.25. The van der Waals surface area contributed by atoms with Crippen LogP contribution in [-0.4, -0.2) is 67.8 Å². The van der Waals surface area contributed by atoms with Gasteiger partial charge < -0.3 is 25.0 Å². The summed E-state index contributed by atoms with van der Waals surface area (Å²) in [7, 11) is 1.50. The van der Waals surface area contributed by atoms with Gasteiger partial charge in [-0.3, -0.25) is 14.4 Å². The number of nitrogens with one attached hydrogen (secondary N) is 2. The molecule has 1 saturated heterocycles. The summed E-state index contributed by atoms with van der Waals surface area (Å²) in [5.74, 6) is -1.13. The first kappa shape index (κ1) is 21.4. The lowest BCUT2D eigenvalue weighted by Gasteiger charge is -2.27. The normalized spacial score (nSPS) is 24.2. The van der Waals surface area contributed by atoms with Gasteiger partial charge in [0, 0.05) is 26.2 Å². The molecule has 1 rings (SSSR count). The van der Waals surface area contributed by atoms with Crippen molar-refractivity contribution in [3.8, 4) is 0 Å². The fourth-order valence-electron chi connectivity index (χ4n) is 3.25. The number of rotatable bonds is 10. The van der Waals surface area contributed by atoms with Crippen LogP contribution < -0.4 is 10.6 Å². The Morgan fingerprint density at radius 2 is 2.04 bits per heavy atom. The van der Waals surface area contributed by atoms with E-state index in [1.54, 1.807) is 0 Å². The van der Waals surface area contributed by atoms with Crippen LogP contribution in [0.1, 0.15) is 40.5 Å². The monoisotopic (exact) mass is 357 g/mol. The molecule has 0 saturated carbocycles. The number of nitrogens with zero attached hydrogens (tertiary/aromatic N) is 1. The van der Waals surface area contributed by atoms with Crippen molar-refractivity contribution in [2.24, 2.45) is 5.92 Å². The molecule has 8 heteroatoms. The smallest absolute Gasteiger partial charge is 0.243 e. The van der Waals surface area contributed by atoms with E-state index in [2.05, 4.69) is 24.5 Å². The van der Waals surface area contributed by atoms with Crippen LogP contribution in [0.5, 0.6) is 0 Å². The van der Waals surface area contributed by atoms with Crippen molar-refractivity contribution in [2.75, 3.05) is 26.8 Å². The van der Waals surface area contributed by atoms with Crippen molar-refractivity contribution in [1.29, 1.82) is 0 Å². The Morgan fingerprint density at radius 3 is 2.56 bits per heavy atom. The summed E-state index contributed by atoms with van der Waals surface area (Å²) in [5.41, 5.74) is 0. The van der Waals surface area contributed by atoms with Gasteiger partial charge in [0.15, 0.2) is 5.79 Å². The van der Waals surface area contributed by atoms with Gasteiger partial charge in [-0.2, -0.15) is 0 Å². The van der Waals surface area contributed by atoms with Crippen molar-refractivity contribution in [3.05, 3.63) is 0 Å². The second kappa shape index (κ2) is 9.72. The van der Waals surface area contributed by atoms with Crippen molar-refractivity contribution < 1.29 is 23.9 Å². The van der Waals surface area contributed by atoms with E-state index >= 15 is 0 Å². The Morgan fingerprint density at radius 1 is 1.36 bits per heavy atom. The lowest BCUT2D eigenvalue weighted by molar-refractivity contribution is -0.210. The molecule has 25 heavy (non-hydrogen) atoms. The van der Waals surface area contributed by atoms with Gasteiger partial charge in [0.05, 0.1) is 13.1 Å². The molecule has 3 unspecified atom stereocenters. The minimum absolute atomic E-state index is 0.00203. The number of likely N-dealkylation sites (tertiary alicyclic amines) is 1. The van der Waals surface area contributed by atoms with E-state index < -0.39 is 11.8 Å². The zero-order chi connectivity index (χ0) is 19.0. The molecule has 1 heterocycles. The minimum Gasteiger partial charge on any atom is -0.352 e. The quantitative estimate of drug-likeness (QED) is 0.432. The molecule has 0 radical (unpaired) electrons. The van der Waals surface area contributed by atoms with E-state index in [-0.39, 0.29) is 37.4 Å². The summed E-state index contributed by atoms with van der Waals surface area (Å²) in [4.78, 5) is 37.0. The Labute approximate surface area is 149 Å². The van der Waals surface area contributed by atoms with Gasteiger partial charge in [-0.15, -0.1) is 0 Å². The maximum atomic E-state index is 12.7. The van der Waals surface area contributed by atoms with Gasteiger partial charge in [0.2, 0.25) is 18.2 Å². The van der Waals surface area contributed by atoms with E-state index in [9.17, 15) is 14.4 Å². The molecular weight excluding hydrogens is 326 g/mol. The number of hydrogen-bond acceptors (Lipinski definition) is 5. The maximum absolute atomic E-state index is 12.7. The highest BCUT2D eigenvalue weighted by molar-refractivity contribution is 5.89. The number of methoxy groups -OCH3 is 1. The third-order valence-corrected chi connectivity index (χ3v) is 4.24. The number of carbonyl (C=O) groups is 3. The van der Waals surface area contributed by atoms with Crippen LogP contribution in [0.4, 0.5) is 0 Å². The Hall–Kier alpha value is -1.67. The fraction of sp³-hybridized carbons (Fsp3) is 0.824. The molecule has 144 valence electrons. The van der Waals surface area contributed by atoms with Gasteiger partial charge in [0.25, 0.3) is 0 Å².